The smallest absolute Gasteiger partial charge is 0.276 e. The Kier molecular flexibility index (Phi) is 5.59. The van der Waals surface area contributed by atoms with Crippen molar-refractivity contribution in [2.75, 3.05) is 13.1 Å². The van der Waals surface area contributed by atoms with E-state index in [1.165, 1.54) is 21.3 Å². The number of aromatic amines is 1. The van der Waals surface area contributed by atoms with E-state index in [4.69, 9.17) is 0 Å². The van der Waals surface area contributed by atoms with Crippen molar-refractivity contribution < 1.29 is 8.42 Å². The molecule has 29 heavy (non-hydrogen) atoms. The van der Waals surface area contributed by atoms with Crippen LogP contribution in [0, 0.1) is 0 Å². The molecule has 3 aromatic heterocycles. The second-order valence-corrected chi connectivity index (χ2v) is 9.09. The van der Waals surface area contributed by atoms with E-state index in [0.29, 0.717) is 30.9 Å². The van der Waals surface area contributed by atoms with Gasteiger partial charge in [-0.25, -0.2) is 18.1 Å². The standard InChI is InChI=1S/C20H23N5O3S/c26-20-17(12-16-6-5-9-21-13-16)14-23-25(20)19-8-7-18(15-22-19)29(27,28)24-10-3-1-2-4-11-24/h5-9,13-15,23H,1-4,10-12H2. The molecule has 0 unspecified atom stereocenters. The van der Waals surface area contributed by atoms with Gasteiger partial charge in [-0.15, -0.1) is 0 Å². The number of H-pyrrole nitrogens is 1. The molecule has 0 spiro atoms. The Labute approximate surface area is 169 Å². The van der Waals surface area contributed by atoms with Gasteiger partial charge in [0, 0.05) is 49.9 Å². The number of nitrogens with one attached hydrogen (secondary N) is 1. The minimum atomic E-state index is -3.56. The SMILES string of the molecule is O=c1c(Cc2cccnc2)c[nH]n1-c1ccc(S(=O)(=O)N2CCCCCC2)cn1. The highest BCUT2D eigenvalue weighted by atomic mass is 32.2. The minimum Gasteiger partial charge on any atom is -0.296 e. The van der Waals surface area contributed by atoms with Crippen LogP contribution in [-0.4, -0.2) is 45.6 Å². The topological polar surface area (TPSA) is 101 Å². The lowest BCUT2D eigenvalue weighted by atomic mass is 10.1. The van der Waals surface area contributed by atoms with Gasteiger partial charge < -0.3 is 0 Å². The Hall–Kier alpha value is -2.78. The van der Waals surface area contributed by atoms with Gasteiger partial charge in [0.05, 0.1) is 0 Å². The molecular weight excluding hydrogens is 390 g/mol. The van der Waals surface area contributed by atoms with E-state index in [-0.39, 0.29) is 10.5 Å². The van der Waals surface area contributed by atoms with Crippen LogP contribution in [0.4, 0.5) is 0 Å². The Morgan fingerprint density at radius 1 is 1.03 bits per heavy atom. The normalized spacial score (nSPS) is 15.9. The molecular formula is C20H23N5O3S. The zero-order valence-electron chi connectivity index (χ0n) is 16.0. The molecule has 0 aromatic carbocycles. The van der Waals surface area contributed by atoms with Crippen LogP contribution in [0.5, 0.6) is 0 Å². The fourth-order valence-electron chi connectivity index (χ4n) is 3.51. The van der Waals surface area contributed by atoms with Crippen molar-refractivity contribution in [1.82, 2.24) is 24.1 Å². The minimum absolute atomic E-state index is 0.151. The highest BCUT2D eigenvalue weighted by Gasteiger charge is 2.25. The Morgan fingerprint density at radius 3 is 2.48 bits per heavy atom. The van der Waals surface area contributed by atoms with Gasteiger partial charge in [0.1, 0.15) is 4.90 Å². The fourth-order valence-corrected chi connectivity index (χ4v) is 4.98. The maximum atomic E-state index is 12.9. The van der Waals surface area contributed by atoms with E-state index < -0.39 is 10.0 Å². The van der Waals surface area contributed by atoms with Crippen molar-refractivity contribution in [1.29, 1.82) is 0 Å². The van der Waals surface area contributed by atoms with Gasteiger partial charge in [-0.3, -0.25) is 14.9 Å². The summed E-state index contributed by atoms with van der Waals surface area (Å²) in [5, 5.41) is 2.90. The molecule has 1 aliphatic rings. The zero-order valence-corrected chi connectivity index (χ0v) is 16.8. The largest absolute Gasteiger partial charge is 0.296 e. The Balaban J connectivity index is 1.56. The number of nitrogens with zero attached hydrogens (tertiary/aromatic N) is 4. The Bertz CT molecular complexity index is 1110. The van der Waals surface area contributed by atoms with Gasteiger partial charge >= 0.3 is 0 Å². The molecule has 0 atom stereocenters. The molecule has 8 nitrogen and oxygen atoms in total. The molecule has 0 amide bonds. The van der Waals surface area contributed by atoms with Crippen molar-refractivity contribution in [2.45, 2.75) is 37.0 Å². The predicted octanol–water partition coefficient (Wildman–Crippen LogP) is 2.11. The second-order valence-electron chi connectivity index (χ2n) is 7.15. The summed E-state index contributed by atoms with van der Waals surface area (Å²) in [6, 6.07) is 6.79. The summed E-state index contributed by atoms with van der Waals surface area (Å²) < 4.78 is 28.6. The molecule has 0 aliphatic carbocycles. The van der Waals surface area contributed by atoms with Crippen LogP contribution in [0.15, 0.2) is 58.7 Å². The third kappa shape index (κ3) is 4.15. The summed E-state index contributed by atoms with van der Waals surface area (Å²) >= 11 is 0. The average molecular weight is 414 g/mol. The van der Waals surface area contributed by atoms with Crippen LogP contribution in [0.3, 0.4) is 0 Å². The summed E-state index contributed by atoms with van der Waals surface area (Å²) in [5.74, 6) is 0.349. The van der Waals surface area contributed by atoms with E-state index in [1.54, 1.807) is 24.7 Å². The van der Waals surface area contributed by atoms with E-state index in [0.717, 1.165) is 31.2 Å². The fraction of sp³-hybridized carbons (Fsp3) is 0.350. The maximum Gasteiger partial charge on any atom is 0.276 e. The summed E-state index contributed by atoms with van der Waals surface area (Å²) in [5.41, 5.74) is 1.30. The second kappa shape index (κ2) is 8.30. The molecule has 0 radical (unpaired) electrons. The highest BCUT2D eigenvalue weighted by molar-refractivity contribution is 7.89. The van der Waals surface area contributed by atoms with Gasteiger partial charge in [0.2, 0.25) is 10.0 Å². The lowest BCUT2D eigenvalue weighted by molar-refractivity contribution is 0.423. The molecule has 1 aliphatic heterocycles. The summed E-state index contributed by atoms with van der Waals surface area (Å²) in [4.78, 5) is 21.1. The molecule has 152 valence electrons. The van der Waals surface area contributed by atoms with Gasteiger partial charge in [0.15, 0.2) is 5.82 Å². The number of aromatic nitrogens is 4. The molecule has 9 heteroatoms. The van der Waals surface area contributed by atoms with E-state index in [2.05, 4.69) is 15.1 Å². The first-order valence-electron chi connectivity index (χ1n) is 9.70. The highest BCUT2D eigenvalue weighted by Crippen LogP contribution is 2.20. The first-order valence-corrected chi connectivity index (χ1v) is 11.1. The van der Waals surface area contributed by atoms with Crippen molar-refractivity contribution in [3.63, 3.8) is 0 Å². The molecule has 1 saturated heterocycles. The summed E-state index contributed by atoms with van der Waals surface area (Å²) in [6.45, 7) is 1.08. The van der Waals surface area contributed by atoms with Crippen LogP contribution < -0.4 is 5.56 Å². The lowest BCUT2D eigenvalue weighted by Gasteiger charge is -2.19. The number of rotatable bonds is 5. The third-order valence-electron chi connectivity index (χ3n) is 5.12. The van der Waals surface area contributed by atoms with Crippen molar-refractivity contribution >= 4 is 10.0 Å². The quantitative estimate of drug-likeness (QED) is 0.690. The lowest BCUT2D eigenvalue weighted by Crippen LogP contribution is -2.32. The number of pyridine rings is 2. The van der Waals surface area contributed by atoms with Crippen LogP contribution in [0.2, 0.25) is 0 Å². The van der Waals surface area contributed by atoms with Gasteiger partial charge in [-0.05, 0) is 36.6 Å². The average Bonchev–Trinajstić information content (AvgIpc) is 2.94. The van der Waals surface area contributed by atoms with Crippen molar-refractivity contribution in [2.24, 2.45) is 0 Å². The monoisotopic (exact) mass is 413 g/mol. The van der Waals surface area contributed by atoms with E-state index in [9.17, 15) is 13.2 Å². The summed E-state index contributed by atoms with van der Waals surface area (Å²) in [6.07, 6.45) is 10.7. The first kappa shape index (κ1) is 19.5. The first-order chi connectivity index (χ1) is 14.1. The molecule has 0 saturated carbocycles. The molecule has 3 aromatic rings. The predicted molar refractivity (Wildman–Crippen MR) is 108 cm³/mol. The van der Waals surface area contributed by atoms with E-state index in [1.807, 2.05) is 12.1 Å². The van der Waals surface area contributed by atoms with Crippen LogP contribution >= 0.6 is 0 Å². The van der Waals surface area contributed by atoms with Crippen molar-refractivity contribution in [3.8, 4) is 5.82 Å². The zero-order chi connectivity index (χ0) is 20.3. The summed E-state index contributed by atoms with van der Waals surface area (Å²) in [7, 11) is -3.56. The van der Waals surface area contributed by atoms with E-state index >= 15 is 0 Å². The van der Waals surface area contributed by atoms with Gasteiger partial charge in [-0.1, -0.05) is 18.9 Å². The molecule has 4 heterocycles. The molecule has 1 fully saturated rings. The number of hydrogen-bond donors (Lipinski definition) is 1. The van der Waals surface area contributed by atoms with Crippen LogP contribution in [0.25, 0.3) is 5.82 Å². The van der Waals surface area contributed by atoms with Crippen LogP contribution in [-0.2, 0) is 16.4 Å². The molecule has 4 rings (SSSR count). The third-order valence-corrected chi connectivity index (χ3v) is 7.00. The van der Waals surface area contributed by atoms with Crippen LogP contribution in [0.1, 0.15) is 36.8 Å². The molecule has 0 bridgehead atoms. The van der Waals surface area contributed by atoms with Crippen molar-refractivity contribution in [3.05, 3.63) is 70.5 Å². The number of hydrogen-bond acceptors (Lipinski definition) is 5. The maximum absolute atomic E-state index is 12.9. The Morgan fingerprint density at radius 2 is 1.83 bits per heavy atom. The van der Waals surface area contributed by atoms with Gasteiger partial charge in [0.25, 0.3) is 5.56 Å². The van der Waals surface area contributed by atoms with Gasteiger partial charge in [-0.2, -0.15) is 4.31 Å². The molecule has 1 N–H and O–H groups in total. The number of sulfonamides is 1.